The van der Waals surface area contributed by atoms with Crippen LogP contribution < -0.4 is 0 Å². The van der Waals surface area contributed by atoms with E-state index in [0.717, 1.165) is 34.9 Å². The molecule has 0 fully saturated rings. The molecule has 0 bridgehead atoms. The molecular weight excluding hydrogens is 370 g/mol. The second-order valence-electron chi connectivity index (χ2n) is 6.89. The van der Waals surface area contributed by atoms with Crippen molar-refractivity contribution in [1.82, 2.24) is 0 Å². The fourth-order valence-electron chi connectivity index (χ4n) is 3.71. The smallest absolute Gasteiger partial charge is 0.258 e. The van der Waals surface area contributed by atoms with Crippen LogP contribution in [0.5, 0.6) is 0 Å². The number of nitro groups is 2. The summed E-state index contributed by atoms with van der Waals surface area (Å²) in [5.41, 5.74) is 4.87. The Morgan fingerprint density at radius 3 is 2.34 bits per heavy atom. The molecule has 29 heavy (non-hydrogen) atoms. The number of aryl methyl sites for hydroxylation is 2. The number of nitro benzene ring substituents is 2. The van der Waals surface area contributed by atoms with Gasteiger partial charge in [-0.2, -0.15) is 0 Å². The number of non-ortho nitro benzene ring substituents is 1. The molecular formula is C22H17N3O4. The molecule has 0 unspecified atom stereocenters. The highest BCUT2D eigenvalue weighted by Gasteiger charge is 2.35. The first-order chi connectivity index (χ1) is 13.9. The molecule has 0 saturated heterocycles. The summed E-state index contributed by atoms with van der Waals surface area (Å²) in [4.78, 5) is 26.8. The molecule has 0 spiro atoms. The van der Waals surface area contributed by atoms with Crippen LogP contribution in [0.3, 0.4) is 0 Å². The van der Waals surface area contributed by atoms with Crippen molar-refractivity contribution >= 4 is 22.8 Å². The van der Waals surface area contributed by atoms with Crippen molar-refractivity contribution in [3.8, 4) is 11.1 Å². The van der Waals surface area contributed by atoms with Crippen LogP contribution in [0.25, 0.3) is 11.1 Å². The van der Waals surface area contributed by atoms with E-state index >= 15 is 0 Å². The molecule has 0 amide bonds. The number of nitrogens with zero attached hydrogens (tertiary/aromatic N) is 3. The molecule has 7 heteroatoms. The van der Waals surface area contributed by atoms with Crippen LogP contribution in [0.15, 0.2) is 59.6 Å². The summed E-state index contributed by atoms with van der Waals surface area (Å²) < 4.78 is 0. The lowest BCUT2D eigenvalue weighted by atomic mass is 10.0. The van der Waals surface area contributed by atoms with Gasteiger partial charge in [-0.1, -0.05) is 42.8 Å². The molecule has 4 rings (SSSR count). The van der Waals surface area contributed by atoms with Gasteiger partial charge in [-0.25, -0.2) is 4.99 Å². The average Bonchev–Trinajstić information content (AvgIpc) is 3.00. The zero-order chi connectivity index (χ0) is 20.7. The summed E-state index contributed by atoms with van der Waals surface area (Å²) in [7, 11) is 0. The molecule has 0 heterocycles. The molecule has 0 aromatic heterocycles. The fourth-order valence-corrected chi connectivity index (χ4v) is 3.71. The topological polar surface area (TPSA) is 98.6 Å². The van der Waals surface area contributed by atoms with E-state index in [4.69, 9.17) is 4.99 Å². The Bertz CT molecular complexity index is 1210. The number of para-hydroxylation sites is 1. The summed E-state index contributed by atoms with van der Waals surface area (Å²) in [6.45, 7) is 3.95. The van der Waals surface area contributed by atoms with E-state index in [2.05, 4.69) is 0 Å². The Balaban J connectivity index is 2.09. The first-order valence-electron chi connectivity index (χ1n) is 9.16. The van der Waals surface area contributed by atoms with Crippen LogP contribution in [-0.2, 0) is 6.42 Å². The van der Waals surface area contributed by atoms with Gasteiger partial charge in [-0.3, -0.25) is 20.2 Å². The van der Waals surface area contributed by atoms with Crippen LogP contribution in [0, 0.1) is 27.2 Å². The lowest BCUT2D eigenvalue weighted by Crippen LogP contribution is -2.01. The van der Waals surface area contributed by atoms with E-state index in [1.54, 1.807) is 0 Å². The van der Waals surface area contributed by atoms with E-state index in [9.17, 15) is 20.2 Å². The number of benzene rings is 3. The van der Waals surface area contributed by atoms with Gasteiger partial charge in [0.25, 0.3) is 11.4 Å². The van der Waals surface area contributed by atoms with Crippen LogP contribution in [0.4, 0.5) is 17.1 Å². The predicted molar refractivity (Wildman–Crippen MR) is 111 cm³/mol. The Morgan fingerprint density at radius 1 is 0.897 bits per heavy atom. The lowest BCUT2D eigenvalue weighted by molar-refractivity contribution is -0.393. The third kappa shape index (κ3) is 3.06. The standard InChI is InChI=1S/C22H17N3O4/c1-3-14-6-4-5-7-19(14)23-22-17-10-13(2)8-9-16(17)21-18(22)11-15(24(26)27)12-20(21)25(28)29/h4-12H,3H2,1-2H3. The minimum atomic E-state index is -0.612. The summed E-state index contributed by atoms with van der Waals surface area (Å²) in [6.07, 6.45) is 0.773. The first-order valence-corrected chi connectivity index (χ1v) is 9.16. The summed E-state index contributed by atoms with van der Waals surface area (Å²) in [6, 6.07) is 15.7. The van der Waals surface area contributed by atoms with E-state index < -0.39 is 9.85 Å². The summed E-state index contributed by atoms with van der Waals surface area (Å²) in [5, 5.41) is 23.1. The third-order valence-electron chi connectivity index (χ3n) is 5.07. The lowest BCUT2D eigenvalue weighted by Gasteiger charge is -2.06. The number of rotatable bonds is 4. The van der Waals surface area contributed by atoms with Crippen molar-refractivity contribution in [2.45, 2.75) is 20.3 Å². The Kier molecular flexibility index (Phi) is 4.43. The zero-order valence-electron chi connectivity index (χ0n) is 15.9. The maximum Gasteiger partial charge on any atom is 0.284 e. The molecule has 1 aliphatic rings. The van der Waals surface area contributed by atoms with Crippen LogP contribution >= 0.6 is 0 Å². The normalized spacial score (nSPS) is 13.2. The molecule has 0 saturated carbocycles. The molecule has 144 valence electrons. The Hall–Kier alpha value is -3.87. The minimum Gasteiger partial charge on any atom is -0.258 e. The van der Waals surface area contributed by atoms with Gasteiger partial charge in [0.2, 0.25) is 0 Å². The van der Waals surface area contributed by atoms with Gasteiger partial charge in [0, 0.05) is 17.2 Å². The van der Waals surface area contributed by atoms with Crippen molar-refractivity contribution in [1.29, 1.82) is 0 Å². The average molecular weight is 387 g/mol. The van der Waals surface area contributed by atoms with E-state index in [-0.39, 0.29) is 11.4 Å². The molecule has 3 aromatic carbocycles. The zero-order valence-corrected chi connectivity index (χ0v) is 15.9. The Labute approximate surface area is 166 Å². The van der Waals surface area contributed by atoms with Gasteiger partial charge in [-0.15, -0.1) is 0 Å². The van der Waals surface area contributed by atoms with Crippen molar-refractivity contribution in [2.75, 3.05) is 0 Å². The van der Waals surface area contributed by atoms with Gasteiger partial charge in [0.1, 0.15) is 0 Å². The van der Waals surface area contributed by atoms with Crippen LogP contribution in [-0.4, -0.2) is 15.6 Å². The van der Waals surface area contributed by atoms with Gasteiger partial charge >= 0.3 is 0 Å². The maximum absolute atomic E-state index is 11.7. The third-order valence-corrected chi connectivity index (χ3v) is 5.07. The number of aliphatic imine (C=N–C) groups is 1. The van der Waals surface area contributed by atoms with Gasteiger partial charge in [0.05, 0.1) is 32.9 Å². The quantitative estimate of drug-likeness (QED) is 0.340. The molecule has 0 aliphatic heterocycles. The predicted octanol–water partition coefficient (Wildman–Crippen LogP) is 5.52. The highest BCUT2D eigenvalue weighted by molar-refractivity contribution is 6.26. The summed E-state index contributed by atoms with van der Waals surface area (Å²) in [5.74, 6) is 0. The molecule has 0 N–H and O–H groups in total. The summed E-state index contributed by atoms with van der Waals surface area (Å²) >= 11 is 0. The minimum absolute atomic E-state index is 0.284. The second kappa shape index (κ2) is 6.94. The van der Waals surface area contributed by atoms with Crippen molar-refractivity contribution in [2.24, 2.45) is 4.99 Å². The van der Waals surface area contributed by atoms with Gasteiger partial charge < -0.3 is 0 Å². The van der Waals surface area contributed by atoms with Crippen LogP contribution in [0.1, 0.15) is 29.2 Å². The van der Waals surface area contributed by atoms with Crippen LogP contribution in [0.2, 0.25) is 0 Å². The van der Waals surface area contributed by atoms with E-state index in [1.807, 2.05) is 56.3 Å². The second-order valence-corrected chi connectivity index (χ2v) is 6.89. The van der Waals surface area contributed by atoms with Crippen molar-refractivity contribution in [3.63, 3.8) is 0 Å². The molecule has 0 atom stereocenters. The molecule has 0 radical (unpaired) electrons. The Morgan fingerprint density at radius 2 is 1.66 bits per heavy atom. The first kappa shape index (κ1) is 18.5. The van der Waals surface area contributed by atoms with Crippen molar-refractivity contribution < 1.29 is 9.85 Å². The number of hydrogen-bond acceptors (Lipinski definition) is 5. The molecule has 1 aliphatic carbocycles. The molecule has 7 nitrogen and oxygen atoms in total. The number of fused-ring (bicyclic) bond motifs is 3. The molecule has 3 aromatic rings. The van der Waals surface area contributed by atoms with Crippen molar-refractivity contribution in [3.05, 3.63) is 97.1 Å². The SMILES string of the molecule is CCc1ccccc1N=C1c2cc(C)ccc2-c2c1cc([N+](=O)[O-])cc2[N+](=O)[O-]. The number of hydrogen-bond donors (Lipinski definition) is 0. The highest BCUT2D eigenvalue weighted by Crippen LogP contribution is 2.45. The van der Waals surface area contributed by atoms with E-state index in [1.165, 1.54) is 6.07 Å². The van der Waals surface area contributed by atoms with Gasteiger partial charge in [0.15, 0.2) is 0 Å². The highest BCUT2D eigenvalue weighted by atomic mass is 16.6. The fraction of sp³-hybridized carbons (Fsp3) is 0.136. The van der Waals surface area contributed by atoms with Gasteiger partial charge in [-0.05, 0) is 36.6 Å². The monoisotopic (exact) mass is 387 g/mol. The maximum atomic E-state index is 11.7. The largest absolute Gasteiger partial charge is 0.284 e. The van der Waals surface area contributed by atoms with E-state index in [0.29, 0.717) is 22.4 Å².